The van der Waals surface area contributed by atoms with E-state index in [1.165, 1.54) is 12.1 Å². The lowest BCUT2D eigenvalue weighted by Crippen LogP contribution is -2.37. The van der Waals surface area contributed by atoms with Gasteiger partial charge < -0.3 is 4.74 Å². The first-order chi connectivity index (χ1) is 13.0. The molecule has 0 unspecified atom stereocenters. The molecule has 0 aliphatic heterocycles. The highest BCUT2D eigenvalue weighted by atomic mass is 35.5. The number of carbonyl (C=O) groups excluding carboxylic acids is 1. The van der Waals surface area contributed by atoms with Crippen LogP contribution >= 0.6 is 11.6 Å². The first kappa shape index (κ1) is 19.6. The summed E-state index contributed by atoms with van der Waals surface area (Å²) in [6.45, 7) is 3.93. The number of ether oxygens (including phenoxy) is 1. The molecule has 1 aliphatic rings. The lowest BCUT2D eigenvalue weighted by atomic mass is 9.77. The number of hydrogen-bond acceptors (Lipinski definition) is 3. The number of carbonyl (C=O) groups is 1. The summed E-state index contributed by atoms with van der Waals surface area (Å²) in [6, 6.07) is 7.44. The molecule has 1 aromatic heterocycles. The number of pyridine rings is 1. The van der Waals surface area contributed by atoms with Crippen molar-refractivity contribution in [2.75, 3.05) is 6.61 Å². The van der Waals surface area contributed by atoms with E-state index >= 15 is 4.39 Å². The molecule has 142 valence electrons. The zero-order valence-electron chi connectivity index (χ0n) is 14.8. The average Bonchev–Trinajstić information content (AvgIpc) is 2.67. The zero-order valence-corrected chi connectivity index (χ0v) is 15.5. The van der Waals surface area contributed by atoms with Crippen molar-refractivity contribution in [3.05, 3.63) is 76.8 Å². The summed E-state index contributed by atoms with van der Waals surface area (Å²) in [5.74, 6) is -1.07. The number of benzene rings is 1. The van der Waals surface area contributed by atoms with Gasteiger partial charge in [0.05, 0.1) is 12.3 Å². The molecule has 27 heavy (non-hydrogen) atoms. The molecule has 0 spiro atoms. The van der Waals surface area contributed by atoms with E-state index in [0.29, 0.717) is 24.3 Å². The minimum atomic E-state index is -2.14. The second-order valence-electron chi connectivity index (χ2n) is 6.55. The van der Waals surface area contributed by atoms with Gasteiger partial charge in [0.15, 0.2) is 11.5 Å². The van der Waals surface area contributed by atoms with E-state index in [2.05, 4.69) is 11.6 Å². The molecule has 3 nitrogen and oxygen atoms in total. The quantitative estimate of drug-likeness (QED) is 0.603. The van der Waals surface area contributed by atoms with Crippen LogP contribution in [0.5, 0.6) is 0 Å². The fraction of sp³-hybridized carbons (Fsp3) is 0.333. The minimum absolute atomic E-state index is 0.00936. The fourth-order valence-corrected chi connectivity index (χ4v) is 3.58. The second-order valence-corrected chi connectivity index (χ2v) is 6.98. The Morgan fingerprint density at radius 1 is 1.44 bits per heavy atom. The van der Waals surface area contributed by atoms with Crippen LogP contribution in [-0.4, -0.2) is 17.4 Å². The Kier molecular flexibility index (Phi) is 6.02. The Hall–Kier alpha value is -2.11. The molecule has 6 heteroatoms. The van der Waals surface area contributed by atoms with Crippen molar-refractivity contribution in [1.29, 1.82) is 0 Å². The molecule has 1 aliphatic carbocycles. The summed E-state index contributed by atoms with van der Waals surface area (Å²) in [5, 5.41) is 0.280. The van der Waals surface area contributed by atoms with Crippen molar-refractivity contribution in [1.82, 2.24) is 4.98 Å². The highest BCUT2D eigenvalue weighted by Gasteiger charge is 2.46. The summed E-state index contributed by atoms with van der Waals surface area (Å²) < 4.78 is 35.3. The maximum Gasteiger partial charge on any atom is 0.195 e. The molecule has 1 aromatic carbocycles. The van der Waals surface area contributed by atoms with Gasteiger partial charge in [0, 0.05) is 23.2 Å². The number of aromatic nitrogens is 1. The van der Waals surface area contributed by atoms with Gasteiger partial charge in [-0.15, -0.1) is 6.58 Å². The normalized spacial score (nSPS) is 21.5. The predicted molar refractivity (Wildman–Crippen MR) is 99.9 cm³/mol. The Balaban J connectivity index is 1.80. The molecule has 0 N–H and O–H groups in total. The standard InChI is InChI=1S/C21H20ClF2NO2/c1-2-12-27-18-9-10-21(24,16-4-3-11-25-20(16)18)19(26)8-6-14-5-7-15(22)13-17(14)23/h2-5,7,11,13,18H,1,6,8-10,12H2/t18-,21-/m0/s1. The van der Waals surface area contributed by atoms with Gasteiger partial charge in [-0.25, -0.2) is 8.78 Å². The van der Waals surface area contributed by atoms with Gasteiger partial charge >= 0.3 is 0 Å². The van der Waals surface area contributed by atoms with E-state index in [1.807, 2.05) is 0 Å². The number of alkyl halides is 1. The van der Waals surface area contributed by atoms with Crippen molar-refractivity contribution in [3.8, 4) is 0 Å². The maximum absolute atomic E-state index is 15.7. The molecule has 0 amide bonds. The van der Waals surface area contributed by atoms with E-state index in [0.717, 1.165) is 0 Å². The maximum atomic E-state index is 15.7. The minimum Gasteiger partial charge on any atom is -0.368 e. The van der Waals surface area contributed by atoms with Crippen LogP contribution in [0.1, 0.15) is 42.2 Å². The Morgan fingerprint density at radius 3 is 3.00 bits per heavy atom. The summed E-state index contributed by atoms with van der Waals surface area (Å²) in [7, 11) is 0. The van der Waals surface area contributed by atoms with Crippen molar-refractivity contribution in [3.63, 3.8) is 0 Å². The molecular formula is C21H20ClF2NO2. The Morgan fingerprint density at radius 2 is 2.26 bits per heavy atom. The first-order valence-corrected chi connectivity index (χ1v) is 9.17. The van der Waals surface area contributed by atoms with Gasteiger partial charge in [0.1, 0.15) is 11.9 Å². The third-order valence-electron chi connectivity index (χ3n) is 4.82. The SMILES string of the molecule is C=CCO[C@H]1CC[C@@](F)(C(=O)CCc2ccc(Cl)cc2F)c2cccnc21. The van der Waals surface area contributed by atoms with Crippen LogP contribution in [0.4, 0.5) is 8.78 Å². The highest BCUT2D eigenvalue weighted by molar-refractivity contribution is 6.30. The van der Waals surface area contributed by atoms with Crippen molar-refractivity contribution < 1.29 is 18.3 Å². The monoisotopic (exact) mass is 391 g/mol. The van der Waals surface area contributed by atoms with Crippen LogP contribution in [0.2, 0.25) is 5.02 Å². The van der Waals surface area contributed by atoms with Gasteiger partial charge in [-0.1, -0.05) is 29.8 Å². The smallest absolute Gasteiger partial charge is 0.195 e. The lowest BCUT2D eigenvalue weighted by Gasteiger charge is -2.34. The highest BCUT2D eigenvalue weighted by Crippen LogP contribution is 2.44. The number of Topliss-reactive ketones (excluding diaryl/α,β-unsaturated/α-hetero) is 1. The van der Waals surface area contributed by atoms with E-state index in [9.17, 15) is 9.18 Å². The summed E-state index contributed by atoms with van der Waals surface area (Å²) >= 11 is 5.74. The zero-order chi connectivity index (χ0) is 19.4. The third-order valence-corrected chi connectivity index (χ3v) is 5.05. The van der Waals surface area contributed by atoms with Crippen LogP contribution < -0.4 is 0 Å². The fourth-order valence-electron chi connectivity index (χ4n) is 3.42. The van der Waals surface area contributed by atoms with Gasteiger partial charge in [0.25, 0.3) is 0 Å². The molecule has 0 radical (unpaired) electrons. The van der Waals surface area contributed by atoms with Crippen molar-refractivity contribution in [2.24, 2.45) is 0 Å². The number of halogens is 3. The number of nitrogens with zero attached hydrogens (tertiary/aromatic N) is 1. The van der Waals surface area contributed by atoms with Gasteiger partial charge in [0.2, 0.25) is 0 Å². The largest absolute Gasteiger partial charge is 0.368 e. The number of aryl methyl sites for hydroxylation is 1. The third kappa shape index (κ3) is 4.09. The van der Waals surface area contributed by atoms with Crippen LogP contribution in [-0.2, 0) is 21.6 Å². The summed E-state index contributed by atoms with van der Waals surface area (Å²) in [5.41, 5.74) is -1.11. The number of rotatable bonds is 7. The van der Waals surface area contributed by atoms with Gasteiger partial charge in [-0.3, -0.25) is 9.78 Å². The molecule has 0 fully saturated rings. The molecule has 2 atom stereocenters. The summed E-state index contributed by atoms with van der Waals surface area (Å²) in [6.07, 6.45) is 3.16. The van der Waals surface area contributed by atoms with Crippen LogP contribution in [0, 0.1) is 5.82 Å². The lowest BCUT2D eigenvalue weighted by molar-refractivity contribution is -0.133. The molecule has 0 saturated carbocycles. The number of hydrogen-bond donors (Lipinski definition) is 0. The number of fused-ring (bicyclic) bond motifs is 1. The molecule has 3 rings (SSSR count). The van der Waals surface area contributed by atoms with Gasteiger partial charge in [-0.05, 0) is 43.0 Å². The average molecular weight is 392 g/mol. The Labute approximate surface area is 162 Å². The molecule has 0 bridgehead atoms. The van der Waals surface area contributed by atoms with Crippen LogP contribution in [0.3, 0.4) is 0 Å². The van der Waals surface area contributed by atoms with E-state index in [-0.39, 0.29) is 36.0 Å². The second kappa shape index (κ2) is 8.28. The topological polar surface area (TPSA) is 39.2 Å². The predicted octanol–water partition coefficient (Wildman–Crippen LogP) is 5.28. The van der Waals surface area contributed by atoms with E-state index < -0.39 is 17.3 Å². The van der Waals surface area contributed by atoms with Crippen molar-refractivity contribution in [2.45, 2.75) is 37.5 Å². The molecule has 0 saturated heterocycles. The Bertz CT molecular complexity index is 858. The summed E-state index contributed by atoms with van der Waals surface area (Å²) in [4.78, 5) is 17.0. The van der Waals surface area contributed by atoms with E-state index in [1.54, 1.807) is 30.5 Å². The van der Waals surface area contributed by atoms with E-state index in [4.69, 9.17) is 16.3 Å². The number of ketones is 1. The van der Waals surface area contributed by atoms with Crippen LogP contribution in [0.15, 0.2) is 49.2 Å². The van der Waals surface area contributed by atoms with Crippen molar-refractivity contribution >= 4 is 17.4 Å². The molecular weight excluding hydrogens is 372 g/mol. The first-order valence-electron chi connectivity index (χ1n) is 8.79. The van der Waals surface area contributed by atoms with Gasteiger partial charge in [-0.2, -0.15) is 0 Å². The molecule has 2 aromatic rings. The molecule has 1 heterocycles. The van der Waals surface area contributed by atoms with Crippen LogP contribution in [0.25, 0.3) is 0 Å².